The van der Waals surface area contributed by atoms with Crippen molar-refractivity contribution in [1.82, 2.24) is 19.7 Å². The number of hydrogen-bond donors (Lipinski definition) is 2. The van der Waals surface area contributed by atoms with E-state index >= 15 is 0 Å². The van der Waals surface area contributed by atoms with Crippen LogP contribution < -0.4 is 24.8 Å². The molecule has 1 aliphatic rings. The van der Waals surface area contributed by atoms with Crippen LogP contribution >= 0.6 is 0 Å². The number of benzene rings is 2. The van der Waals surface area contributed by atoms with E-state index in [0.29, 0.717) is 46.0 Å². The van der Waals surface area contributed by atoms with Gasteiger partial charge in [0.2, 0.25) is 5.95 Å². The number of nitrogens with zero attached hydrogens (tertiary/aromatic N) is 4. The van der Waals surface area contributed by atoms with Gasteiger partial charge in [-0.05, 0) is 48.9 Å². The molecule has 188 valence electrons. The van der Waals surface area contributed by atoms with E-state index in [2.05, 4.69) is 15.6 Å². The maximum Gasteiger partial charge on any atom is 0.255 e. The molecule has 0 saturated heterocycles. The van der Waals surface area contributed by atoms with Crippen molar-refractivity contribution < 1.29 is 19.0 Å². The molecule has 10 heteroatoms. The molecule has 0 fully saturated rings. The van der Waals surface area contributed by atoms with E-state index in [0.717, 1.165) is 11.1 Å². The molecule has 0 radical (unpaired) electrons. The molecule has 0 aliphatic carbocycles. The lowest BCUT2D eigenvalue weighted by atomic mass is 9.94. The van der Waals surface area contributed by atoms with E-state index in [1.165, 1.54) is 0 Å². The highest BCUT2D eigenvalue weighted by Gasteiger charge is 2.35. The fraction of sp³-hybridized carbons (Fsp3) is 0.185. The maximum atomic E-state index is 13.7. The third-order valence-electron chi connectivity index (χ3n) is 6.09. The number of rotatable bonds is 7. The molecule has 1 atom stereocenters. The van der Waals surface area contributed by atoms with Crippen molar-refractivity contribution in [1.29, 1.82) is 0 Å². The van der Waals surface area contributed by atoms with Crippen LogP contribution in [0.1, 0.15) is 18.5 Å². The molecule has 10 nitrogen and oxygen atoms in total. The van der Waals surface area contributed by atoms with Crippen LogP contribution in [0.4, 0.5) is 11.6 Å². The Balaban J connectivity index is 1.65. The van der Waals surface area contributed by atoms with Crippen LogP contribution in [0.3, 0.4) is 0 Å². The van der Waals surface area contributed by atoms with E-state index in [9.17, 15) is 4.79 Å². The predicted molar refractivity (Wildman–Crippen MR) is 139 cm³/mol. The molecule has 3 heterocycles. The largest absolute Gasteiger partial charge is 0.496 e. The van der Waals surface area contributed by atoms with Gasteiger partial charge >= 0.3 is 0 Å². The Morgan fingerprint density at radius 3 is 2.49 bits per heavy atom. The molecule has 0 spiro atoms. The van der Waals surface area contributed by atoms with Gasteiger partial charge in [-0.2, -0.15) is 4.98 Å². The fourth-order valence-corrected chi connectivity index (χ4v) is 4.35. The van der Waals surface area contributed by atoms with Gasteiger partial charge in [-0.15, -0.1) is 5.10 Å². The van der Waals surface area contributed by atoms with Gasteiger partial charge in [0.25, 0.3) is 5.91 Å². The van der Waals surface area contributed by atoms with Gasteiger partial charge in [0, 0.05) is 11.9 Å². The number of nitrogens with one attached hydrogen (secondary N) is 2. The summed E-state index contributed by atoms with van der Waals surface area (Å²) >= 11 is 0. The second-order valence-electron chi connectivity index (χ2n) is 8.28. The minimum Gasteiger partial charge on any atom is -0.496 e. The summed E-state index contributed by atoms with van der Waals surface area (Å²) in [6, 6.07) is 16.0. The summed E-state index contributed by atoms with van der Waals surface area (Å²) in [6.07, 6.45) is 3.24. The number of carbonyl (C=O) groups excluding carboxylic acids is 1. The third kappa shape index (κ3) is 4.44. The first-order valence-electron chi connectivity index (χ1n) is 11.5. The lowest BCUT2D eigenvalue weighted by molar-refractivity contribution is -0.113. The zero-order valence-electron chi connectivity index (χ0n) is 20.9. The molecule has 37 heavy (non-hydrogen) atoms. The maximum absolute atomic E-state index is 13.7. The highest BCUT2D eigenvalue weighted by Crippen LogP contribution is 2.40. The molecule has 0 bridgehead atoms. The van der Waals surface area contributed by atoms with Gasteiger partial charge in [-0.3, -0.25) is 9.78 Å². The van der Waals surface area contributed by atoms with Gasteiger partial charge < -0.3 is 24.8 Å². The highest BCUT2D eigenvalue weighted by atomic mass is 16.5. The number of pyridine rings is 1. The van der Waals surface area contributed by atoms with E-state index in [1.807, 2.05) is 43.3 Å². The van der Waals surface area contributed by atoms with Crippen LogP contribution in [-0.4, -0.2) is 47.0 Å². The van der Waals surface area contributed by atoms with Crippen molar-refractivity contribution in [2.75, 3.05) is 32.0 Å². The monoisotopic (exact) mass is 498 g/mol. The highest BCUT2D eigenvalue weighted by molar-refractivity contribution is 6.06. The summed E-state index contributed by atoms with van der Waals surface area (Å²) in [7, 11) is 4.75. The summed E-state index contributed by atoms with van der Waals surface area (Å²) < 4.78 is 18.2. The number of para-hydroxylation sites is 1. The molecular formula is C27H26N6O4. The number of hydrogen-bond acceptors (Lipinski definition) is 8. The molecule has 5 rings (SSSR count). The average molecular weight is 499 g/mol. The van der Waals surface area contributed by atoms with Gasteiger partial charge in [0.1, 0.15) is 11.8 Å². The molecule has 1 aliphatic heterocycles. The van der Waals surface area contributed by atoms with Crippen LogP contribution in [0, 0.1) is 0 Å². The number of ether oxygens (including phenoxy) is 3. The van der Waals surface area contributed by atoms with E-state index in [4.69, 9.17) is 24.3 Å². The van der Waals surface area contributed by atoms with Gasteiger partial charge in [0.05, 0.1) is 44.4 Å². The van der Waals surface area contributed by atoms with Crippen molar-refractivity contribution in [3.63, 3.8) is 0 Å². The normalized spacial score (nSPS) is 14.4. The summed E-state index contributed by atoms with van der Waals surface area (Å²) in [5.41, 5.74) is 3.21. The SMILES string of the molecule is COc1ccc([C@@H]2C(C(=O)Nc3cccnc3)=C(C)Nc3nc(-c4ccccc4OC)nn32)cc1OC. The minimum absolute atomic E-state index is 0.294. The molecule has 0 unspecified atom stereocenters. The molecule has 2 aromatic carbocycles. The predicted octanol–water partition coefficient (Wildman–Crippen LogP) is 4.29. The average Bonchev–Trinajstić information content (AvgIpc) is 3.35. The molecule has 0 saturated carbocycles. The van der Waals surface area contributed by atoms with Crippen LogP contribution in [0.15, 0.2) is 78.3 Å². The van der Waals surface area contributed by atoms with Crippen LogP contribution in [0.2, 0.25) is 0 Å². The number of anilines is 2. The second kappa shape index (κ2) is 10.0. The lowest BCUT2D eigenvalue weighted by Crippen LogP contribution is -2.31. The molecular weight excluding hydrogens is 472 g/mol. The lowest BCUT2D eigenvalue weighted by Gasteiger charge is -2.29. The topological polar surface area (TPSA) is 112 Å². The zero-order valence-corrected chi connectivity index (χ0v) is 20.9. The van der Waals surface area contributed by atoms with Crippen LogP contribution in [-0.2, 0) is 4.79 Å². The Morgan fingerprint density at radius 1 is 0.973 bits per heavy atom. The first-order valence-corrected chi connectivity index (χ1v) is 11.5. The molecule has 2 aromatic heterocycles. The van der Waals surface area contributed by atoms with Crippen LogP contribution in [0.5, 0.6) is 17.2 Å². The number of fused-ring (bicyclic) bond motifs is 1. The standard InChI is InChI=1S/C27H26N6O4/c1-16-23(26(34)30-18-8-7-13-28-15-18)24(17-11-12-21(36-3)22(14-17)37-4)33-27(29-16)31-25(32-33)19-9-5-6-10-20(19)35-2/h5-15,24H,1-4H3,(H,30,34)(H,29,31,32)/t24-/m1/s1. The zero-order chi connectivity index (χ0) is 25.9. The minimum atomic E-state index is -0.608. The number of methoxy groups -OCH3 is 3. The van der Waals surface area contributed by atoms with Crippen molar-refractivity contribution in [3.05, 3.63) is 83.8 Å². The summed E-state index contributed by atoms with van der Waals surface area (Å²) in [5.74, 6) is 2.43. The third-order valence-corrected chi connectivity index (χ3v) is 6.09. The molecule has 4 aromatic rings. The first-order chi connectivity index (χ1) is 18.0. The molecule has 1 amide bonds. The van der Waals surface area contributed by atoms with E-state index < -0.39 is 6.04 Å². The van der Waals surface area contributed by atoms with Crippen molar-refractivity contribution >= 4 is 17.5 Å². The number of carbonyl (C=O) groups is 1. The Hall–Kier alpha value is -4.86. The Morgan fingerprint density at radius 2 is 1.76 bits per heavy atom. The summed E-state index contributed by atoms with van der Waals surface area (Å²) in [6.45, 7) is 1.84. The number of amides is 1. The first kappa shape index (κ1) is 23.9. The Bertz CT molecular complexity index is 1480. The Labute approximate surface area is 213 Å². The quantitative estimate of drug-likeness (QED) is 0.388. The van der Waals surface area contributed by atoms with Crippen molar-refractivity contribution in [3.8, 4) is 28.6 Å². The van der Waals surface area contributed by atoms with Gasteiger partial charge in [0.15, 0.2) is 17.3 Å². The molecule has 2 N–H and O–H groups in total. The van der Waals surface area contributed by atoms with Crippen LogP contribution in [0.25, 0.3) is 11.4 Å². The van der Waals surface area contributed by atoms with E-state index in [-0.39, 0.29) is 5.91 Å². The number of aromatic nitrogens is 4. The smallest absolute Gasteiger partial charge is 0.255 e. The summed E-state index contributed by atoms with van der Waals surface area (Å²) in [4.78, 5) is 22.5. The summed E-state index contributed by atoms with van der Waals surface area (Å²) in [5, 5.41) is 11.0. The fourth-order valence-electron chi connectivity index (χ4n) is 4.35. The van der Waals surface area contributed by atoms with Crippen molar-refractivity contribution in [2.24, 2.45) is 0 Å². The number of allylic oxidation sites excluding steroid dienone is 1. The Kier molecular flexibility index (Phi) is 6.46. The van der Waals surface area contributed by atoms with Gasteiger partial charge in [-0.25, -0.2) is 4.68 Å². The van der Waals surface area contributed by atoms with E-state index in [1.54, 1.807) is 56.6 Å². The van der Waals surface area contributed by atoms with Crippen molar-refractivity contribution in [2.45, 2.75) is 13.0 Å². The van der Waals surface area contributed by atoms with Gasteiger partial charge in [-0.1, -0.05) is 18.2 Å². The second-order valence-corrected chi connectivity index (χ2v) is 8.28.